The van der Waals surface area contributed by atoms with E-state index in [4.69, 9.17) is 5.11 Å². The van der Waals surface area contributed by atoms with Gasteiger partial charge in [0, 0.05) is 0 Å². The van der Waals surface area contributed by atoms with Crippen molar-refractivity contribution in [2.24, 2.45) is 5.92 Å². The van der Waals surface area contributed by atoms with Gasteiger partial charge in [0.25, 0.3) is 0 Å². The van der Waals surface area contributed by atoms with Crippen LogP contribution in [-0.4, -0.2) is 30.2 Å². The molecule has 0 rings (SSSR count). The van der Waals surface area contributed by atoms with Crippen molar-refractivity contribution in [3.05, 3.63) is 0 Å². The maximum atomic E-state index is 10.4. The summed E-state index contributed by atoms with van der Waals surface area (Å²) in [5.74, 6) is -2.10. The molecule has 0 aromatic heterocycles. The third-order valence-corrected chi connectivity index (χ3v) is 1.20. The van der Waals surface area contributed by atoms with E-state index in [1.807, 2.05) is 0 Å². The molecule has 0 radical (unpaired) electrons. The van der Waals surface area contributed by atoms with Crippen molar-refractivity contribution in [2.75, 3.05) is 13.3 Å². The first kappa shape index (κ1) is 14.1. The molecule has 0 aliphatic heterocycles. The zero-order chi connectivity index (χ0) is 10.1. The van der Waals surface area contributed by atoms with Gasteiger partial charge in [-0.25, -0.2) is 0 Å². The van der Waals surface area contributed by atoms with Crippen molar-refractivity contribution in [1.82, 2.24) is 0 Å². The smallest absolute Gasteiger partial charge is 0.314 e. The molecule has 12 heavy (non-hydrogen) atoms. The molecule has 1 unspecified atom stereocenters. The highest BCUT2D eigenvalue weighted by atomic mass is 31.1. The highest BCUT2D eigenvalue weighted by molar-refractivity contribution is 7.35. The predicted octanol–water partition coefficient (Wildman–Crippen LogP) is 1.61. The Balaban J connectivity index is 0. The average molecular weight is 192 g/mol. The van der Waals surface area contributed by atoms with Crippen LogP contribution in [-0.2, 0) is 9.59 Å². The zero-order valence-corrected chi connectivity index (χ0v) is 9.05. The molecule has 0 heterocycles. The lowest BCUT2D eigenvalue weighted by molar-refractivity contribution is -0.145. The molecule has 1 N–H and O–H groups in total. The molecule has 0 aromatic rings. The van der Waals surface area contributed by atoms with Gasteiger partial charge in [0.05, 0.1) is 0 Å². The Kier molecular flexibility index (Phi) is 10.2. The van der Waals surface area contributed by atoms with E-state index in [2.05, 4.69) is 13.3 Å². The lowest BCUT2D eigenvalue weighted by Gasteiger charge is -2.01. The summed E-state index contributed by atoms with van der Waals surface area (Å²) in [5, 5.41) is 8.32. The number of hydrogen-bond acceptors (Lipinski definition) is 2. The van der Waals surface area contributed by atoms with Crippen molar-refractivity contribution < 1.29 is 14.7 Å². The Morgan fingerprint density at radius 3 is 1.75 bits per heavy atom. The number of aliphatic carboxylic acids is 1. The Morgan fingerprint density at radius 1 is 1.42 bits per heavy atom. The molecule has 3 nitrogen and oxygen atoms in total. The Morgan fingerprint density at radius 2 is 1.75 bits per heavy atom. The van der Waals surface area contributed by atoms with E-state index in [1.54, 1.807) is 6.92 Å². The summed E-state index contributed by atoms with van der Waals surface area (Å²) in [4.78, 5) is 20.6. The Labute approximate surface area is 75.3 Å². The van der Waals surface area contributed by atoms with Gasteiger partial charge < -0.3 is 5.11 Å². The SMILES string of the molecule is CCC(C(C)=O)C(=O)O.CPC. The molecule has 4 heteroatoms. The quantitative estimate of drug-likeness (QED) is 0.546. The van der Waals surface area contributed by atoms with Crippen molar-refractivity contribution in [1.29, 1.82) is 0 Å². The number of hydrogen-bond donors (Lipinski definition) is 1. The van der Waals surface area contributed by atoms with E-state index < -0.39 is 11.9 Å². The van der Waals surface area contributed by atoms with Crippen LogP contribution in [0.5, 0.6) is 0 Å². The number of ketones is 1. The molecule has 0 aliphatic rings. The van der Waals surface area contributed by atoms with Gasteiger partial charge in [-0.05, 0) is 26.7 Å². The van der Waals surface area contributed by atoms with Gasteiger partial charge in [-0.1, -0.05) is 6.92 Å². The Hall–Kier alpha value is -0.430. The van der Waals surface area contributed by atoms with Crippen LogP contribution in [0, 0.1) is 5.92 Å². The van der Waals surface area contributed by atoms with E-state index in [0.717, 1.165) is 8.58 Å². The van der Waals surface area contributed by atoms with Crippen molar-refractivity contribution >= 4 is 20.3 Å². The summed E-state index contributed by atoms with van der Waals surface area (Å²) in [6.45, 7) is 7.28. The van der Waals surface area contributed by atoms with Crippen LogP contribution in [0.15, 0.2) is 0 Å². The highest BCUT2D eigenvalue weighted by Gasteiger charge is 2.19. The molecular formula is C8H17O3P. The fourth-order valence-corrected chi connectivity index (χ4v) is 0.636. The number of rotatable bonds is 3. The number of carbonyl (C=O) groups excluding carboxylic acids is 1. The van der Waals surface area contributed by atoms with Gasteiger partial charge in [-0.3, -0.25) is 9.59 Å². The summed E-state index contributed by atoms with van der Waals surface area (Å²) in [7, 11) is 1.08. The van der Waals surface area contributed by atoms with E-state index in [-0.39, 0.29) is 5.78 Å². The molecular weight excluding hydrogens is 175 g/mol. The molecule has 0 aromatic carbocycles. The van der Waals surface area contributed by atoms with E-state index in [1.165, 1.54) is 6.92 Å². The minimum absolute atomic E-state index is 0.273. The van der Waals surface area contributed by atoms with Gasteiger partial charge in [-0.2, -0.15) is 0 Å². The fraction of sp³-hybridized carbons (Fsp3) is 0.750. The third-order valence-electron chi connectivity index (χ3n) is 1.20. The van der Waals surface area contributed by atoms with Gasteiger partial charge in [-0.15, -0.1) is 8.58 Å². The molecule has 0 fully saturated rings. The van der Waals surface area contributed by atoms with Gasteiger partial charge in [0.2, 0.25) is 0 Å². The van der Waals surface area contributed by atoms with Crippen LogP contribution in [0.3, 0.4) is 0 Å². The second kappa shape index (κ2) is 8.66. The maximum absolute atomic E-state index is 10.4. The normalized spacial score (nSPS) is 11.0. The summed E-state index contributed by atoms with van der Waals surface area (Å²) >= 11 is 0. The summed E-state index contributed by atoms with van der Waals surface area (Å²) in [6, 6.07) is 0. The lowest BCUT2D eigenvalue weighted by Crippen LogP contribution is -2.19. The molecule has 72 valence electrons. The highest BCUT2D eigenvalue weighted by Crippen LogP contribution is 2.02. The van der Waals surface area contributed by atoms with Crippen LogP contribution in [0.4, 0.5) is 0 Å². The van der Waals surface area contributed by atoms with Crippen LogP contribution in [0.2, 0.25) is 0 Å². The summed E-state index contributed by atoms with van der Waals surface area (Å²) < 4.78 is 0. The minimum Gasteiger partial charge on any atom is -0.481 e. The molecule has 0 saturated carbocycles. The Bertz CT molecular complexity index is 131. The molecule has 0 saturated heterocycles. The van der Waals surface area contributed by atoms with Crippen molar-refractivity contribution in [3.63, 3.8) is 0 Å². The second-order valence-electron chi connectivity index (χ2n) is 2.41. The zero-order valence-electron chi connectivity index (χ0n) is 8.05. The molecule has 0 bridgehead atoms. The van der Waals surface area contributed by atoms with Crippen LogP contribution in [0.1, 0.15) is 20.3 Å². The monoisotopic (exact) mass is 192 g/mol. The first-order chi connectivity index (χ1) is 5.51. The van der Waals surface area contributed by atoms with Gasteiger partial charge in [0.15, 0.2) is 0 Å². The van der Waals surface area contributed by atoms with Gasteiger partial charge >= 0.3 is 5.97 Å². The first-order valence-corrected chi connectivity index (χ1v) is 5.82. The first-order valence-electron chi connectivity index (χ1n) is 3.82. The minimum atomic E-state index is -1.02. The van der Waals surface area contributed by atoms with Crippen LogP contribution in [0.25, 0.3) is 0 Å². The predicted molar refractivity (Wildman–Crippen MR) is 52.3 cm³/mol. The lowest BCUT2D eigenvalue weighted by atomic mass is 10.0. The number of carboxylic acid groups (broad SMARTS) is 1. The molecule has 1 atom stereocenters. The largest absolute Gasteiger partial charge is 0.481 e. The number of carboxylic acids is 1. The molecule has 0 amide bonds. The second-order valence-corrected chi connectivity index (χ2v) is 3.41. The summed E-state index contributed by atoms with van der Waals surface area (Å²) in [5.41, 5.74) is 0. The van der Waals surface area contributed by atoms with Crippen LogP contribution >= 0.6 is 8.58 Å². The van der Waals surface area contributed by atoms with Gasteiger partial charge in [0.1, 0.15) is 11.7 Å². The average Bonchev–Trinajstić information content (AvgIpc) is 1.88. The molecule has 0 aliphatic carbocycles. The third kappa shape index (κ3) is 7.67. The molecule has 0 spiro atoms. The fourth-order valence-electron chi connectivity index (χ4n) is 0.636. The van der Waals surface area contributed by atoms with E-state index in [0.29, 0.717) is 6.42 Å². The topological polar surface area (TPSA) is 54.4 Å². The number of carbonyl (C=O) groups is 2. The van der Waals surface area contributed by atoms with E-state index >= 15 is 0 Å². The number of Topliss-reactive ketones (excluding diaryl/α,β-unsaturated/α-hetero) is 1. The van der Waals surface area contributed by atoms with E-state index in [9.17, 15) is 9.59 Å². The summed E-state index contributed by atoms with van der Waals surface area (Å²) in [6.07, 6.45) is 0.380. The van der Waals surface area contributed by atoms with Crippen molar-refractivity contribution in [3.8, 4) is 0 Å². The van der Waals surface area contributed by atoms with Crippen molar-refractivity contribution in [2.45, 2.75) is 20.3 Å². The maximum Gasteiger partial charge on any atom is 0.314 e. The van der Waals surface area contributed by atoms with Crippen LogP contribution < -0.4 is 0 Å². The standard InChI is InChI=1S/C6H10O3.C2H7P/c1-3-5(4(2)7)6(8)9;1-3-2/h5H,3H2,1-2H3,(H,8,9);3H,1-2H3.